The molecule has 0 aliphatic carbocycles. The number of carbonyl (C=O) groups excluding carboxylic acids is 2. The van der Waals surface area contributed by atoms with E-state index >= 15 is 0 Å². The first-order chi connectivity index (χ1) is 7.65. The third-order valence-corrected chi connectivity index (χ3v) is 2.09. The first-order valence-corrected chi connectivity index (χ1v) is 4.76. The molecule has 1 aliphatic rings. The number of aromatic nitrogens is 2. The van der Waals surface area contributed by atoms with Crippen LogP contribution in [0.15, 0.2) is 4.42 Å². The van der Waals surface area contributed by atoms with Crippen LogP contribution in [0, 0.1) is 6.92 Å². The van der Waals surface area contributed by atoms with Gasteiger partial charge in [0.25, 0.3) is 0 Å². The molecule has 0 spiro atoms. The standard InChI is InChI=1S/C8H11N5O3/c1-4-12-13-8(16-4)11-7(15)5-2-10-6(14)3-9-5/h5,9H,2-3H2,1H3,(H,10,14)(H,11,13,15). The van der Waals surface area contributed by atoms with Crippen LogP contribution in [0.1, 0.15) is 5.89 Å². The Morgan fingerprint density at radius 2 is 2.38 bits per heavy atom. The van der Waals surface area contributed by atoms with Crippen molar-refractivity contribution >= 4 is 17.8 Å². The predicted octanol–water partition coefficient (Wildman–Crippen LogP) is -1.60. The van der Waals surface area contributed by atoms with Crippen molar-refractivity contribution in [2.75, 3.05) is 18.4 Å². The number of hydrogen-bond acceptors (Lipinski definition) is 6. The van der Waals surface area contributed by atoms with E-state index in [0.29, 0.717) is 5.89 Å². The van der Waals surface area contributed by atoms with E-state index in [2.05, 4.69) is 26.1 Å². The van der Waals surface area contributed by atoms with Crippen molar-refractivity contribution in [2.45, 2.75) is 13.0 Å². The average Bonchev–Trinajstić information content (AvgIpc) is 2.65. The Morgan fingerprint density at radius 3 is 2.94 bits per heavy atom. The fraction of sp³-hybridized carbons (Fsp3) is 0.500. The van der Waals surface area contributed by atoms with Crippen molar-refractivity contribution in [2.24, 2.45) is 0 Å². The molecule has 8 heteroatoms. The number of amides is 2. The number of rotatable bonds is 2. The Labute approximate surface area is 90.8 Å². The number of aryl methyl sites for hydroxylation is 1. The number of carbonyl (C=O) groups is 2. The molecule has 1 unspecified atom stereocenters. The Bertz CT molecular complexity index is 406. The maximum Gasteiger partial charge on any atom is 0.322 e. The number of nitrogens with one attached hydrogen (secondary N) is 3. The van der Waals surface area contributed by atoms with Crippen LogP contribution < -0.4 is 16.0 Å². The van der Waals surface area contributed by atoms with E-state index < -0.39 is 6.04 Å². The molecule has 2 amide bonds. The van der Waals surface area contributed by atoms with Crippen molar-refractivity contribution in [3.63, 3.8) is 0 Å². The summed E-state index contributed by atoms with van der Waals surface area (Å²) in [6.07, 6.45) is 0. The van der Waals surface area contributed by atoms with Crippen LogP contribution in [0.25, 0.3) is 0 Å². The van der Waals surface area contributed by atoms with Gasteiger partial charge in [-0.1, -0.05) is 5.10 Å². The van der Waals surface area contributed by atoms with E-state index in [1.165, 1.54) is 0 Å². The number of anilines is 1. The van der Waals surface area contributed by atoms with Gasteiger partial charge in [0, 0.05) is 13.5 Å². The largest absolute Gasteiger partial charge is 0.408 e. The topological polar surface area (TPSA) is 109 Å². The second-order valence-corrected chi connectivity index (χ2v) is 3.35. The fourth-order valence-corrected chi connectivity index (χ4v) is 1.29. The van der Waals surface area contributed by atoms with E-state index in [9.17, 15) is 9.59 Å². The smallest absolute Gasteiger partial charge is 0.322 e. The van der Waals surface area contributed by atoms with Gasteiger partial charge in [-0.3, -0.25) is 20.2 Å². The molecule has 1 atom stereocenters. The zero-order valence-electron chi connectivity index (χ0n) is 8.61. The predicted molar refractivity (Wildman–Crippen MR) is 52.5 cm³/mol. The number of nitrogens with zero attached hydrogens (tertiary/aromatic N) is 2. The van der Waals surface area contributed by atoms with Crippen LogP contribution >= 0.6 is 0 Å². The number of hydrogen-bond donors (Lipinski definition) is 3. The molecule has 2 heterocycles. The summed E-state index contributed by atoms with van der Waals surface area (Å²) < 4.78 is 5.00. The Morgan fingerprint density at radius 1 is 1.56 bits per heavy atom. The summed E-state index contributed by atoms with van der Waals surface area (Å²) in [6.45, 7) is 2.00. The zero-order chi connectivity index (χ0) is 11.5. The van der Waals surface area contributed by atoms with Crippen molar-refractivity contribution in [1.29, 1.82) is 0 Å². The molecule has 1 saturated heterocycles. The molecule has 16 heavy (non-hydrogen) atoms. The zero-order valence-corrected chi connectivity index (χ0v) is 8.61. The Hall–Kier alpha value is -1.96. The molecular weight excluding hydrogens is 214 g/mol. The third kappa shape index (κ3) is 2.34. The highest BCUT2D eigenvalue weighted by atomic mass is 16.4. The minimum atomic E-state index is -0.482. The first kappa shape index (κ1) is 10.6. The lowest BCUT2D eigenvalue weighted by atomic mass is 10.2. The summed E-state index contributed by atoms with van der Waals surface area (Å²) in [6, 6.07) is -0.425. The van der Waals surface area contributed by atoms with Gasteiger partial charge < -0.3 is 9.73 Å². The lowest BCUT2D eigenvalue weighted by Crippen LogP contribution is -2.56. The van der Waals surface area contributed by atoms with Gasteiger partial charge in [0.2, 0.25) is 17.7 Å². The summed E-state index contributed by atoms with van der Waals surface area (Å²) >= 11 is 0. The second-order valence-electron chi connectivity index (χ2n) is 3.35. The lowest BCUT2D eigenvalue weighted by Gasteiger charge is -2.22. The maximum absolute atomic E-state index is 11.6. The molecule has 3 N–H and O–H groups in total. The highest BCUT2D eigenvalue weighted by Crippen LogP contribution is 2.04. The Kier molecular flexibility index (Phi) is 2.82. The molecule has 0 bridgehead atoms. The minimum absolute atomic E-state index is 0.0567. The quantitative estimate of drug-likeness (QED) is 0.559. The lowest BCUT2D eigenvalue weighted by molar-refractivity contribution is -0.124. The van der Waals surface area contributed by atoms with E-state index in [1.807, 2.05) is 0 Å². The van der Waals surface area contributed by atoms with Crippen LogP contribution in [0.4, 0.5) is 6.01 Å². The molecular formula is C8H11N5O3. The van der Waals surface area contributed by atoms with Crippen LogP contribution in [0.2, 0.25) is 0 Å². The van der Waals surface area contributed by atoms with Crippen molar-refractivity contribution in [3.8, 4) is 0 Å². The van der Waals surface area contributed by atoms with Gasteiger partial charge >= 0.3 is 6.01 Å². The van der Waals surface area contributed by atoms with Gasteiger partial charge in [-0.15, -0.1) is 5.10 Å². The van der Waals surface area contributed by atoms with Crippen LogP contribution in [-0.2, 0) is 9.59 Å². The van der Waals surface area contributed by atoms with E-state index in [1.54, 1.807) is 6.92 Å². The van der Waals surface area contributed by atoms with Crippen molar-refractivity contribution in [1.82, 2.24) is 20.8 Å². The Balaban J connectivity index is 1.91. The van der Waals surface area contributed by atoms with Crippen molar-refractivity contribution < 1.29 is 14.0 Å². The first-order valence-electron chi connectivity index (χ1n) is 4.76. The van der Waals surface area contributed by atoms with Gasteiger partial charge in [0.15, 0.2) is 0 Å². The third-order valence-electron chi connectivity index (χ3n) is 2.09. The molecule has 1 aromatic rings. The molecule has 0 radical (unpaired) electrons. The summed E-state index contributed by atoms with van der Waals surface area (Å²) in [4.78, 5) is 22.5. The fourth-order valence-electron chi connectivity index (χ4n) is 1.29. The SMILES string of the molecule is Cc1nnc(NC(=O)C2CNC(=O)CN2)o1. The highest BCUT2D eigenvalue weighted by molar-refractivity contribution is 5.94. The van der Waals surface area contributed by atoms with Gasteiger partial charge in [0.05, 0.1) is 6.54 Å². The van der Waals surface area contributed by atoms with E-state index in [4.69, 9.17) is 4.42 Å². The summed E-state index contributed by atoms with van der Waals surface area (Å²) in [5.41, 5.74) is 0. The monoisotopic (exact) mass is 225 g/mol. The molecule has 0 aromatic carbocycles. The van der Waals surface area contributed by atoms with Crippen LogP contribution in [0.3, 0.4) is 0 Å². The van der Waals surface area contributed by atoms with E-state index in [0.717, 1.165) is 0 Å². The molecule has 2 rings (SSSR count). The molecule has 86 valence electrons. The number of piperazine rings is 1. The summed E-state index contributed by atoms with van der Waals surface area (Å²) in [5, 5.41) is 15.0. The average molecular weight is 225 g/mol. The minimum Gasteiger partial charge on any atom is -0.408 e. The van der Waals surface area contributed by atoms with Crippen molar-refractivity contribution in [3.05, 3.63) is 5.89 Å². The van der Waals surface area contributed by atoms with Gasteiger partial charge in [0.1, 0.15) is 6.04 Å². The molecule has 1 aromatic heterocycles. The highest BCUT2D eigenvalue weighted by Gasteiger charge is 2.24. The maximum atomic E-state index is 11.6. The summed E-state index contributed by atoms with van der Waals surface area (Å²) in [7, 11) is 0. The van der Waals surface area contributed by atoms with E-state index in [-0.39, 0.29) is 30.9 Å². The molecule has 1 aliphatic heterocycles. The normalized spacial score (nSPS) is 20.3. The molecule has 0 saturated carbocycles. The molecule has 1 fully saturated rings. The second kappa shape index (κ2) is 4.27. The summed E-state index contributed by atoms with van der Waals surface area (Å²) in [5.74, 6) is -0.0680. The van der Waals surface area contributed by atoms with Gasteiger partial charge in [-0.25, -0.2) is 0 Å². The van der Waals surface area contributed by atoms with Gasteiger partial charge in [-0.05, 0) is 0 Å². The molecule has 8 nitrogen and oxygen atoms in total. The van der Waals surface area contributed by atoms with Crippen LogP contribution in [-0.4, -0.2) is 41.1 Å². The van der Waals surface area contributed by atoms with Crippen LogP contribution in [0.5, 0.6) is 0 Å². The van der Waals surface area contributed by atoms with Gasteiger partial charge in [-0.2, -0.15) is 0 Å².